The Morgan fingerprint density at radius 2 is 1.71 bits per heavy atom. The summed E-state index contributed by atoms with van der Waals surface area (Å²) in [6.45, 7) is 4.47. The first-order valence-electron chi connectivity index (χ1n) is 6.57. The third-order valence-corrected chi connectivity index (χ3v) is 4.06. The molecule has 0 aromatic rings. The van der Waals surface area contributed by atoms with Crippen LogP contribution < -0.4 is 5.32 Å². The van der Waals surface area contributed by atoms with Crippen LogP contribution in [0, 0.1) is 0 Å². The van der Waals surface area contributed by atoms with Crippen LogP contribution in [0.1, 0.15) is 25.7 Å². The average molecular weight is 241 g/mol. The van der Waals surface area contributed by atoms with Crippen LogP contribution in [0.5, 0.6) is 0 Å². The Morgan fingerprint density at radius 1 is 1.12 bits per heavy atom. The number of hydrogen-bond acceptors (Lipinski definition) is 3. The molecule has 0 aromatic carbocycles. The smallest absolute Gasteiger partial charge is 0.404 e. The van der Waals surface area contributed by atoms with Crippen LogP contribution in [0.3, 0.4) is 0 Å². The quantitative estimate of drug-likeness (QED) is 0.751. The van der Waals surface area contributed by atoms with Gasteiger partial charge in [0.05, 0.1) is 0 Å². The number of amides is 1. The zero-order valence-electron chi connectivity index (χ0n) is 10.6. The van der Waals surface area contributed by atoms with Gasteiger partial charge in [-0.25, -0.2) is 4.79 Å². The lowest BCUT2D eigenvalue weighted by Gasteiger charge is -2.41. The zero-order valence-corrected chi connectivity index (χ0v) is 10.6. The minimum Gasteiger partial charge on any atom is -0.465 e. The molecule has 2 saturated heterocycles. The van der Waals surface area contributed by atoms with E-state index >= 15 is 0 Å². The number of nitrogens with one attached hydrogen (secondary N) is 1. The van der Waals surface area contributed by atoms with Crippen molar-refractivity contribution in [3.05, 3.63) is 0 Å². The first-order chi connectivity index (χ1) is 8.15. The second-order valence-electron chi connectivity index (χ2n) is 5.29. The van der Waals surface area contributed by atoms with E-state index in [9.17, 15) is 4.79 Å². The van der Waals surface area contributed by atoms with Crippen molar-refractivity contribution in [3.8, 4) is 0 Å². The van der Waals surface area contributed by atoms with Crippen LogP contribution in [0.15, 0.2) is 0 Å². The largest absolute Gasteiger partial charge is 0.465 e. The van der Waals surface area contributed by atoms with Crippen molar-refractivity contribution in [3.63, 3.8) is 0 Å². The van der Waals surface area contributed by atoms with Crippen molar-refractivity contribution < 1.29 is 9.90 Å². The fourth-order valence-corrected chi connectivity index (χ4v) is 2.94. The molecule has 98 valence electrons. The molecule has 2 aliphatic rings. The van der Waals surface area contributed by atoms with Crippen LogP contribution in [-0.4, -0.2) is 66.3 Å². The number of piperidine rings is 2. The van der Waals surface area contributed by atoms with Crippen molar-refractivity contribution >= 4 is 6.09 Å². The molecule has 2 rings (SSSR count). The summed E-state index contributed by atoms with van der Waals surface area (Å²) < 4.78 is 0. The highest BCUT2D eigenvalue weighted by molar-refractivity contribution is 5.64. The maximum absolute atomic E-state index is 10.6. The van der Waals surface area contributed by atoms with Gasteiger partial charge in [-0.1, -0.05) is 0 Å². The van der Waals surface area contributed by atoms with Crippen LogP contribution in [0.2, 0.25) is 0 Å². The van der Waals surface area contributed by atoms with Crippen molar-refractivity contribution in [1.29, 1.82) is 0 Å². The molecule has 5 heteroatoms. The summed E-state index contributed by atoms with van der Waals surface area (Å²) in [4.78, 5) is 15.5. The van der Waals surface area contributed by atoms with Gasteiger partial charge in [-0.3, -0.25) is 0 Å². The van der Waals surface area contributed by atoms with Gasteiger partial charge < -0.3 is 20.2 Å². The van der Waals surface area contributed by atoms with E-state index in [0.717, 1.165) is 32.0 Å². The molecule has 2 heterocycles. The van der Waals surface area contributed by atoms with Gasteiger partial charge in [0.2, 0.25) is 0 Å². The number of likely N-dealkylation sites (tertiary alicyclic amines) is 2. The van der Waals surface area contributed by atoms with Gasteiger partial charge in [0.15, 0.2) is 0 Å². The molecule has 0 aliphatic carbocycles. The lowest BCUT2D eigenvalue weighted by Crippen LogP contribution is -2.50. The average Bonchev–Trinajstić information content (AvgIpc) is 2.30. The predicted molar refractivity (Wildman–Crippen MR) is 66.3 cm³/mol. The normalized spacial score (nSPS) is 25.9. The van der Waals surface area contributed by atoms with Gasteiger partial charge in [0.25, 0.3) is 0 Å². The summed E-state index contributed by atoms with van der Waals surface area (Å²) in [5.74, 6) is 0. The van der Waals surface area contributed by atoms with Gasteiger partial charge in [-0.05, 0) is 45.8 Å². The highest BCUT2D eigenvalue weighted by Crippen LogP contribution is 2.20. The van der Waals surface area contributed by atoms with Crippen molar-refractivity contribution in [2.24, 2.45) is 0 Å². The second-order valence-corrected chi connectivity index (χ2v) is 5.29. The third-order valence-electron chi connectivity index (χ3n) is 4.06. The molecular formula is C12H23N3O2. The molecule has 5 nitrogen and oxygen atoms in total. The van der Waals surface area contributed by atoms with E-state index < -0.39 is 6.09 Å². The van der Waals surface area contributed by atoms with E-state index in [1.807, 2.05) is 0 Å². The third kappa shape index (κ3) is 3.57. The van der Waals surface area contributed by atoms with Crippen molar-refractivity contribution in [1.82, 2.24) is 15.1 Å². The van der Waals surface area contributed by atoms with Crippen molar-refractivity contribution in [2.75, 3.05) is 33.2 Å². The van der Waals surface area contributed by atoms with E-state index in [2.05, 4.69) is 22.2 Å². The first-order valence-corrected chi connectivity index (χ1v) is 6.57. The number of hydrogen-bond donors (Lipinski definition) is 2. The van der Waals surface area contributed by atoms with E-state index in [1.54, 1.807) is 0 Å². The van der Waals surface area contributed by atoms with E-state index in [1.165, 1.54) is 25.9 Å². The molecule has 1 amide bonds. The van der Waals surface area contributed by atoms with E-state index in [4.69, 9.17) is 5.11 Å². The first kappa shape index (κ1) is 12.6. The summed E-state index contributed by atoms with van der Waals surface area (Å²) in [6.07, 6.45) is 3.54. The summed E-state index contributed by atoms with van der Waals surface area (Å²) in [5.41, 5.74) is 0. The van der Waals surface area contributed by atoms with Gasteiger partial charge in [-0.2, -0.15) is 0 Å². The topological polar surface area (TPSA) is 55.8 Å². The van der Waals surface area contributed by atoms with Crippen LogP contribution >= 0.6 is 0 Å². The number of carboxylic acid groups (broad SMARTS) is 1. The molecule has 0 unspecified atom stereocenters. The summed E-state index contributed by atoms with van der Waals surface area (Å²) in [5, 5.41) is 11.3. The maximum atomic E-state index is 10.6. The Morgan fingerprint density at radius 3 is 2.24 bits per heavy atom. The fourth-order valence-electron chi connectivity index (χ4n) is 2.94. The summed E-state index contributed by atoms with van der Waals surface area (Å²) in [7, 11) is 2.18. The van der Waals surface area contributed by atoms with Gasteiger partial charge in [0.1, 0.15) is 0 Å². The van der Waals surface area contributed by atoms with Crippen LogP contribution in [0.4, 0.5) is 4.79 Å². The molecule has 0 atom stereocenters. The molecule has 2 fully saturated rings. The fraction of sp³-hybridized carbons (Fsp3) is 0.917. The highest BCUT2D eigenvalue weighted by Gasteiger charge is 2.27. The monoisotopic (exact) mass is 241 g/mol. The van der Waals surface area contributed by atoms with Crippen molar-refractivity contribution in [2.45, 2.75) is 37.8 Å². The zero-order chi connectivity index (χ0) is 12.3. The minimum absolute atomic E-state index is 0.162. The van der Waals surface area contributed by atoms with E-state index in [0.29, 0.717) is 0 Å². The molecule has 0 spiro atoms. The maximum Gasteiger partial charge on any atom is 0.404 e. The predicted octanol–water partition coefficient (Wildman–Crippen LogP) is 0.813. The minimum atomic E-state index is -0.886. The molecule has 2 aliphatic heterocycles. The van der Waals surface area contributed by atoms with Gasteiger partial charge in [0, 0.05) is 25.2 Å². The molecule has 0 aromatic heterocycles. The Balaban J connectivity index is 1.73. The Labute approximate surface area is 103 Å². The highest BCUT2D eigenvalue weighted by atomic mass is 16.4. The number of rotatable bonds is 2. The molecular weight excluding hydrogens is 218 g/mol. The molecule has 0 bridgehead atoms. The lowest BCUT2D eigenvalue weighted by molar-refractivity contribution is 0.0914. The summed E-state index contributed by atoms with van der Waals surface area (Å²) >= 11 is 0. The van der Waals surface area contributed by atoms with Gasteiger partial charge >= 0.3 is 6.09 Å². The summed E-state index contributed by atoms with van der Waals surface area (Å²) in [6, 6.07) is 0.881. The SMILES string of the molecule is CN1CCC(N2CCC(NC(=O)O)CC2)CC1. The molecule has 0 saturated carbocycles. The molecule has 0 radical (unpaired) electrons. The van der Waals surface area contributed by atoms with Crippen LogP contribution in [0.25, 0.3) is 0 Å². The van der Waals surface area contributed by atoms with Gasteiger partial charge in [-0.15, -0.1) is 0 Å². The Kier molecular flexibility index (Phi) is 4.23. The molecule has 17 heavy (non-hydrogen) atoms. The number of nitrogens with zero attached hydrogens (tertiary/aromatic N) is 2. The molecule has 2 N–H and O–H groups in total. The Hall–Kier alpha value is -0.810. The van der Waals surface area contributed by atoms with Crippen LogP contribution in [-0.2, 0) is 0 Å². The van der Waals surface area contributed by atoms with E-state index in [-0.39, 0.29) is 6.04 Å². The Bertz CT molecular complexity index is 256. The standard InChI is InChI=1S/C12H23N3O2/c1-14-6-4-11(5-7-14)15-8-2-10(3-9-15)13-12(16)17/h10-11,13H,2-9H2,1H3,(H,16,17). The second kappa shape index (κ2) is 5.69. The number of carbonyl (C=O) groups is 1. The lowest BCUT2D eigenvalue weighted by atomic mass is 9.98.